The van der Waals surface area contributed by atoms with Gasteiger partial charge in [0.2, 0.25) is 0 Å². The third-order valence-electron chi connectivity index (χ3n) is 2.46. The predicted octanol–water partition coefficient (Wildman–Crippen LogP) is 3.34. The highest BCUT2D eigenvalue weighted by atomic mass is 32.2. The molecule has 0 saturated heterocycles. The second kappa shape index (κ2) is 4.58. The van der Waals surface area contributed by atoms with Gasteiger partial charge in [-0.2, -0.15) is 0 Å². The molecular formula is C13H12O2S. The molecule has 1 aromatic carbocycles. The van der Waals surface area contributed by atoms with Gasteiger partial charge in [-0.1, -0.05) is 6.07 Å². The standard InChI is InChI=1S/C13H12O2S/c1-9-8-10(16-2)5-6-11(9)12-4-3-7-15-13(12)14/h3-8H,1-2H3. The van der Waals surface area contributed by atoms with Crippen LogP contribution in [0, 0.1) is 6.92 Å². The van der Waals surface area contributed by atoms with Crippen molar-refractivity contribution in [3.8, 4) is 11.1 Å². The van der Waals surface area contributed by atoms with Gasteiger partial charge in [0.25, 0.3) is 0 Å². The van der Waals surface area contributed by atoms with Crippen molar-refractivity contribution in [3.05, 3.63) is 52.6 Å². The van der Waals surface area contributed by atoms with Gasteiger partial charge in [0, 0.05) is 4.90 Å². The predicted molar refractivity (Wildman–Crippen MR) is 66.9 cm³/mol. The van der Waals surface area contributed by atoms with Crippen LogP contribution in [0.3, 0.4) is 0 Å². The van der Waals surface area contributed by atoms with E-state index in [4.69, 9.17) is 4.42 Å². The lowest BCUT2D eigenvalue weighted by molar-refractivity contribution is 0.513. The fraction of sp³-hybridized carbons (Fsp3) is 0.154. The monoisotopic (exact) mass is 232 g/mol. The first kappa shape index (κ1) is 11.0. The Hall–Kier alpha value is -1.48. The minimum Gasteiger partial charge on any atom is -0.431 e. The summed E-state index contributed by atoms with van der Waals surface area (Å²) >= 11 is 1.69. The zero-order chi connectivity index (χ0) is 11.5. The summed E-state index contributed by atoms with van der Waals surface area (Å²) in [6.45, 7) is 2.00. The van der Waals surface area contributed by atoms with E-state index >= 15 is 0 Å². The van der Waals surface area contributed by atoms with Gasteiger partial charge in [-0.3, -0.25) is 0 Å². The van der Waals surface area contributed by atoms with E-state index in [1.54, 1.807) is 23.9 Å². The number of rotatable bonds is 2. The van der Waals surface area contributed by atoms with E-state index in [2.05, 4.69) is 6.07 Å². The van der Waals surface area contributed by atoms with Gasteiger partial charge in [-0.15, -0.1) is 11.8 Å². The Labute approximate surface area is 98.3 Å². The molecule has 0 N–H and O–H groups in total. The zero-order valence-corrected chi connectivity index (χ0v) is 10.0. The lowest BCUT2D eigenvalue weighted by Crippen LogP contribution is -2.02. The first-order valence-corrected chi connectivity index (χ1v) is 6.17. The van der Waals surface area contributed by atoms with Crippen molar-refractivity contribution in [1.29, 1.82) is 0 Å². The number of hydrogen-bond acceptors (Lipinski definition) is 3. The maximum absolute atomic E-state index is 11.6. The minimum atomic E-state index is -0.289. The Balaban J connectivity index is 2.57. The van der Waals surface area contributed by atoms with E-state index in [0.717, 1.165) is 11.1 Å². The average Bonchev–Trinajstić information content (AvgIpc) is 2.30. The normalized spacial score (nSPS) is 10.4. The smallest absolute Gasteiger partial charge is 0.343 e. The van der Waals surface area contributed by atoms with Gasteiger partial charge in [-0.25, -0.2) is 4.79 Å². The van der Waals surface area contributed by atoms with Crippen molar-refractivity contribution < 1.29 is 4.42 Å². The van der Waals surface area contributed by atoms with Gasteiger partial charge in [0.15, 0.2) is 0 Å². The summed E-state index contributed by atoms with van der Waals surface area (Å²) in [5.41, 5.74) is 2.35. The highest BCUT2D eigenvalue weighted by molar-refractivity contribution is 7.98. The van der Waals surface area contributed by atoms with Crippen molar-refractivity contribution in [2.45, 2.75) is 11.8 Å². The Morgan fingerprint density at radius 1 is 1.19 bits per heavy atom. The van der Waals surface area contributed by atoms with Crippen molar-refractivity contribution in [3.63, 3.8) is 0 Å². The van der Waals surface area contributed by atoms with E-state index in [9.17, 15) is 4.79 Å². The fourth-order valence-electron chi connectivity index (χ4n) is 1.63. The first-order chi connectivity index (χ1) is 7.72. The summed E-state index contributed by atoms with van der Waals surface area (Å²) in [6, 6.07) is 9.57. The van der Waals surface area contributed by atoms with Gasteiger partial charge >= 0.3 is 5.63 Å². The SMILES string of the molecule is CSc1ccc(-c2cccoc2=O)c(C)c1. The fourth-order valence-corrected chi connectivity index (χ4v) is 2.13. The van der Waals surface area contributed by atoms with Crippen molar-refractivity contribution in [1.82, 2.24) is 0 Å². The highest BCUT2D eigenvalue weighted by Crippen LogP contribution is 2.24. The first-order valence-electron chi connectivity index (χ1n) is 4.95. The molecule has 1 heterocycles. The molecule has 0 saturated carbocycles. The van der Waals surface area contributed by atoms with Gasteiger partial charge < -0.3 is 4.42 Å². The molecule has 2 rings (SSSR count). The summed E-state index contributed by atoms with van der Waals surface area (Å²) < 4.78 is 4.86. The van der Waals surface area contributed by atoms with Crippen LogP contribution in [0.4, 0.5) is 0 Å². The third-order valence-corrected chi connectivity index (χ3v) is 3.19. The van der Waals surface area contributed by atoms with Gasteiger partial charge in [0.05, 0.1) is 11.8 Å². The van der Waals surface area contributed by atoms with Crippen molar-refractivity contribution >= 4 is 11.8 Å². The second-order valence-electron chi connectivity index (χ2n) is 3.50. The topological polar surface area (TPSA) is 30.2 Å². The van der Waals surface area contributed by atoms with Crippen molar-refractivity contribution in [2.75, 3.05) is 6.26 Å². The van der Waals surface area contributed by atoms with Crippen LogP contribution in [0.25, 0.3) is 11.1 Å². The summed E-state index contributed by atoms with van der Waals surface area (Å²) in [5.74, 6) is 0. The molecule has 0 radical (unpaired) electrons. The molecule has 0 spiro atoms. The summed E-state index contributed by atoms with van der Waals surface area (Å²) in [4.78, 5) is 12.8. The van der Waals surface area contributed by atoms with E-state index in [1.807, 2.05) is 25.3 Å². The van der Waals surface area contributed by atoms with Crippen LogP contribution in [0.5, 0.6) is 0 Å². The molecule has 0 aliphatic heterocycles. The molecule has 0 aliphatic rings. The molecule has 16 heavy (non-hydrogen) atoms. The molecule has 0 fully saturated rings. The quantitative estimate of drug-likeness (QED) is 0.744. The number of thioether (sulfide) groups is 1. The molecule has 0 unspecified atom stereocenters. The third kappa shape index (κ3) is 2.04. The number of benzene rings is 1. The lowest BCUT2D eigenvalue weighted by Gasteiger charge is -2.05. The number of aryl methyl sites for hydroxylation is 1. The highest BCUT2D eigenvalue weighted by Gasteiger charge is 2.07. The lowest BCUT2D eigenvalue weighted by atomic mass is 10.0. The Kier molecular flexibility index (Phi) is 3.15. The van der Waals surface area contributed by atoms with E-state index < -0.39 is 0 Å². The average molecular weight is 232 g/mol. The van der Waals surface area contributed by atoms with Crippen LogP contribution in [0.15, 0.2) is 50.7 Å². The largest absolute Gasteiger partial charge is 0.431 e. The van der Waals surface area contributed by atoms with Crippen LogP contribution in [0.2, 0.25) is 0 Å². The van der Waals surface area contributed by atoms with E-state index in [0.29, 0.717) is 5.56 Å². The molecule has 0 atom stereocenters. The molecule has 0 bridgehead atoms. The van der Waals surface area contributed by atoms with Crippen LogP contribution in [0.1, 0.15) is 5.56 Å². The second-order valence-corrected chi connectivity index (χ2v) is 4.37. The molecule has 1 aromatic heterocycles. The summed E-state index contributed by atoms with van der Waals surface area (Å²) in [7, 11) is 0. The molecule has 0 amide bonds. The minimum absolute atomic E-state index is 0.289. The zero-order valence-electron chi connectivity index (χ0n) is 9.19. The molecular weight excluding hydrogens is 220 g/mol. The molecule has 3 heteroatoms. The maximum Gasteiger partial charge on any atom is 0.343 e. The Bertz CT molecular complexity index is 558. The summed E-state index contributed by atoms with van der Waals surface area (Å²) in [6.07, 6.45) is 3.43. The van der Waals surface area contributed by atoms with Crippen LogP contribution in [-0.4, -0.2) is 6.26 Å². The van der Waals surface area contributed by atoms with Crippen LogP contribution >= 0.6 is 11.8 Å². The molecule has 2 aromatic rings. The van der Waals surface area contributed by atoms with E-state index in [-0.39, 0.29) is 5.63 Å². The van der Waals surface area contributed by atoms with E-state index in [1.165, 1.54) is 11.2 Å². The van der Waals surface area contributed by atoms with Gasteiger partial charge in [-0.05, 0) is 48.6 Å². The van der Waals surface area contributed by atoms with Crippen LogP contribution < -0.4 is 5.63 Å². The van der Waals surface area contributed by atoms with Crippen molar-refractivity contribution in [2.24, 2.45) is 0 Å². The Morgan fingerprint density at radius 2 is 2.00 bits per heavy atom. The molecule has 82 valence electrons. The molecule has 2 nitrogen and oxygen atoms in total. The molecule has 0 aliphatic carbocycles. The summed E-state index contributed by atoms with van der Waals surface area (Å²) in [5, 5.41) is 0. The van der Waals surface area contributed by atoms with Crippen LogP contribution in [-0.2, 0) is 0 Å². The maximum atomic E-state index is 11.6. The number of hydrogen-bond donors (Lipinski definition) is 0. The Morgan fingerprint density at radius 3 is 2.62 bits per heavy atom. The van der Waals surface area contributed by atoms with Gasteiger partial charge in [0.1, 0.15) is 0 Å².